The molecule has 0 bridgehead atoms. The third-order valence-electron chi connectivity index (χ3n) is 8.67. The fourth-order valence-electron chi connectivity index (χ4n) is 7.15. The van der Waals surface area contributed by atoms with Crippen LogP contribution in [0, 0.1) is 28.6 Å². The van der Waals surface area contributed by atoms with Gasteiger partial charge in [-0.25, -0.2) is 0 Å². The van der Waals surface area contributed by atoms with Crippen molar-refractivity contribution in [2.45, 2.75) is 76.7 Å². The first-order valence-corrected chi connectivity index (χ1v) is 10.2. The number of carbonyl (C=O) groups is 2. The molecule has 138 valence electrons. The third-order valence-corrected chi connectivity index (χ3v) is 9.09. The summed E-state index contributed by atoms with van der Waals surface area (Å²) in [6, 6.07) is 0. The topological polar surface area (TPSA) is 54.4 Å². The zero-order valence-corrected chi connectivity index (χ0v) is 16.2. The lowest BCUT2D eigenvalue weighted by molar-refractivity contribution is -0.160. The second-order valence-electron chi connectivity index (χ2n) is 9.47. The minimum Gasteiger partial charge on any atom is -0.382 e. The summed E-state index contributed by atoms with van der Waals surface area (Å²) < 4.78 is 0. The summed E-state index contributed by atoms with van der Waals surface area (Å²) in [6.45, 7) is 5.97. The minimum atomic E-state index is -1.18. The predicted octanol–water partition coefficient (Wildman–Crippen LogP) is 4.06. The van der Waals surface area contributed by atoms with E-state index in [0.717, 1.165) is 37.7 Å². The molecule has 0 unspecified atom stereocenters. The third kappa shape index (κ3) is 2.15. The minimum absolute atomic E-state index is 0.00149. The molecule has 1 N–H and O–H groups in total. The average molecular weight is 365 g/mol. The summed E-state index contributed by atoms with van der Waals surface area (Å²) in [6.07, 6.45) is 7.59. The van der Waals surface area contributed by atoms with Crippen molar-refractivity contribution in [3.8, 4) is 0 Å². The highest BCUT2D eigenvalue weighted by Gasteiger charge is 2.66. The molecule has 3 fully saturated rings. The van der Waals surface area contributed by atoms with E-state index >= 15 is 0 Å². The number of ketones is 2. The zero-order chi connectivity index (χ0) is 18.2. The van der Waals surface area contributed by atoms with Crippen LogP contribution in [0.3, 0.4) is 0 Å². The van der Waals surface area contributed by atoms with E-state index in [4.69, 9.17) is 11.6 Å². The van der Waals surface area contributed by atoms with Crippen LogP contribution in [0.25, 0.3) is 0 Å². The number of hydrogen-bond acceptors (Lipinski definition) is 3. The van der Waals surface area contributed by atoms with Crippen LogP contribution in [0.4, 0.5) is 0 Å². The monoisotopic (exact) mass is 364 g/mol. The summed E-state index contributed by atoms with van der Waals surface area (Å²) >= 11 is 6.78. The second-order valence-corrected chi connectivity index (χ2v) is 10.0. The van der Waals surface area contributed by atoms with Crippen molar-refractivity contribution in [3.05, 3.63) is 11.6 Å². The van der Waals surface area contributed by atoms with E-state index in [-0.39, 0.29) is 27.8 Å². The van der Waals surface area contributed by atoms with Gasteiger partial charge in [0.05, 0.1) is 5.38 Å². The van der Waals surface area contributed by atoms with E-state index in [1.54, 1.807) is 6.92 Å². The van der Waals surface area contributed by atoms with Crippen molar-refractivity contribution >= 4 is 23.2 Å². The van der Waals surface area contributed by atoms with Crippen LogP contribution >= 0.6 is 11.6 Å². The van der Waals surface area contributed by atoms with Gasteiger partial charge in [-0.05, 0) is 80.3 Å². The van der Waals surface area contributed by atoms with Gasteiger partial charge in [-0.1, -0.05) is 13.8 Å². The molecule has 3 nitrogen and oxygen atoms in total. The molecule has 0 aromatic heterocycles. The maximum Gasteiger partial charge on any atom is 0.161 e. The molecule has 0 saturated heterocycles. The molecular weight excluding hydrogens is 336 g/mol. The van der Waals surface area contributed by atoms with E-state index in [1.807, 2.05) is 6.08 Å². The Labute approximate surface area is 155 Å². The standard InChI is InChI=1S/C21H29ClO3/c1-12(23)21(25)9-6-16-14-11-18(22)17-10-13(24)4-7-19(17,2)15(14)5-8-20(16,21)3/h10,14-16,18,25H,4-9,11H2,1-3H3/t14-,15+,16+,18+,19-,20+,21+/m1/s1. The van der Waals surface area contributed by atoms with Crippen LogP contribution < -0.4 is 0 Å². The van der Waals surface area contributed by atoms with Gasteiger partial charge in [0.1, 0.15) is 5.60 Å². The van der Waals surface area contributed by atoms with E-state index < -0.39 is 5.60 Å². The SMILES string of the molecule is CC(=O)[C@@]1(O)CC[C@H]2[C@@H]3C[C@H](Cl)C4=CC(=O)CC[C@]4(C)[C@H]3CC[C@@]21C. The van der Waals surface area contributed by atoms with Crippen molar-refractivity contribution < 1.29 is 14.7 Å². The molecule has 3 saturated carbocycles. The molecule has 7 atom stereocenters. The number of hydrogen-bond donors (Lipinski definition) is 1. The highest BCUT2D eigenvalue weighted by atomic mass is 35.5. The van der Waals surface area contributed by atoms with E-state index in [2.05, 4.69) is 13.8 Å². The Morgan fingerprint density at radius 2 is 1.88 bits per heavy atom. The number of Topliss-reactive ketones (excluding diaryl/α,β-unsaturated/α-hetero) is 1. The Balaban J connectivity index is 1.73. The predicted molar refractivity (Wildman–Crippen MR) is 97.4 cm³/mol. The normalized spacial score (nSPS) is 52.0. The smallest absolute Gasteiger partial charge is 0.161 e. The molecule has 4 aliphatic rings. The first kappa shape index (κ1) is 17.7. The molecule has 4 rings (SSSR count). The molecule has 0 aliphatic heterocycles. The van der Waals surface area contributed by atoms with Crippen molar-refractivity contribution in [3.63, 3.8) is 0 Å². The van der Waals surface area contributed by atoms with Crippen molar-refractivity contribution in [2.24, 2.45) is 28.6 Å². The number of fused-ring (bicyclic) bond motifs is 5. The quantitative estimate of drug-likeness (QED) is 0.714. The van der Waals surface area contributed by atoms with Gasteiger partial charge in [-0.3, -0.25) is 9.59 Å². The van der Waals surface area contributed by atoms with Crippen LogP contribution in [0.2, 0.25) is 0 Å². The lowest BCUT2D eigenvalue weighted by Gasteiger charge is -2.59. The highest BCUT2D eigenvalue weighted by Crippen LogP contribution is 2.68. The second kappa shape index (κ2) is 5.42. The molecule has 0 spiro atoms. The lowest BCUT2D eigenvalue weighted by Crippen LogP contribution is -2.58. The Morgan fingerprint density at radius 3 is 2.56 bits per heavy atom. The fraction of sp³-hybridized carbons (Fsp3) is 0.810. The number of rotatable bonds is 1. The van der Waals surface area contributed by atoms with Crippen LogP contribution in [-0.4, -0.2) is 27.7 Å². The van der Waals surface area contributed by atoms with Gasteiger partial charge in [0, 0.05) is 11.8 Å². The van der Waals surface area contributed by atoms with Crippen LogP contribution in [0.5, 0.6) is 0 Å². The number of halogens is 1. The van der Waals surface area contributed by atoms with Gasteiger partial charge in [-0.2, -0.15) is 0 Å². The molecule has 0 heterocycles. The van der Waals surface area contributed by atoms with Gasteiger partial charge in [0.15, 0.2) is 11.6 Å². The summed E-state index contributed by atoms with van der Waals surface area (Å²) in [7, 11) is 0. The first-order valence-electron chi connectivity index (χ1n) is 9.76. The molecule has 4 aliphatic carbocycles. The lowest BCUT2D eigenvalue weighted by atomic mass is 9.46. The fourth-order valence-corrected chi connectivity index (χ4v) is 7.67. The molecule has 4 heteroatoms. The molecule has 0 amide bonds. The Hall–Kier alpha value is -0.670. The Bertz CT molecular complexity index is 670. The Morgan fingerprint density at radius 1 is 1.20 bits per heavy atom. The number of aliphatic hydroxyl groups is 1. The largest absolute Gasteiger partial charge is 0.382 e. The highest BCUT2D eigenvalue weighted by molar-refractivity contribution is 6.23. The zero-order valence-electron chi connectivity index (χ0n) is 15.5. The summed E-state index contributed by atoms with van der Waals surface area (Å²) in [5.74, 6) is 1.42. The molecule has 0 aromatic rings. The van der Waals surface area contributed by atoms with E-state index in [1.165, 1.54) is 0 Å². The number of carbonyl (C=O) groups excluding carboxylic acids is 2. The van der Waals surface area contributed by atoms with Crippen LogP contribution in [0.1, 0.15) is 65.7 Å². The molecular formula is C21H29ClO3. The average Bonchev–Trinajstić information content (AvgIpc) is 2.83. The van der Waals surface area contributed by atoms with Crippen molar-refractivity contribution in [2.75, 3.05) is 0 Å². The number of alkyl halides is 1. The molecule has 0 radical (unpaired) electrons. The summed E-state index contributed by atoms with van der Waals surface area (Å²) in [5.41, 5.74) is -0.362. The van der Waals surface area contributed by atoms with Crippen LogP contribution in [-0.2, 0) is 9.59 Å². The van der Waals surface area contributed by atoms with Crippen molar-refractivity contribution in [1.29, 1.82) is 0 Å². The maximum atomic E-state index is 12.3. The van der Waals surface area contributed by atoms with Gasteiger partial charge in [0.25, 0.3) is 0 Å². The first-order chi connectivity index (χ1) is 11.6. The van der Waals surface area contributed by atoms with E-state index in [0.29, 0.717) is 30.6 Å². The summed E-state index contributed by atoms with van der Waals surface area (Å²) in [5, 5.41) is 11.1. The Kier molecular flexibility index (Phi) is 3.84. The van der Waals surface area contributed by atoms with Crippen molar-refractivity contribution in [1.82, 2.24) is 0 Å². The summed E-state index contributed by atoms with van der Waals surface area (Å²) in [4.78, 5) is 24.2. The maximum absolute atomic E-state index is 12.3. The molecule has 25 heavy (non-hydrogen) atoms. The van der Waals surface area contributed by atoms with Gasteiger partial charge >= 0.3 is 0 Å². The van der Waals surface area contributed by atoms with Gasteiger partial charge in [-0.15, -0.1) is 11.6 Å². The van der Waals surface area contributed by atoms with Gasteiger partial charge in [0.2, 0.25) is 0 Å². The van der Waals surface area contributed by atoms with Crippen LogP contribution in [0.15, 0.2) is 11.6 Å². The van der Waals surface area contributed by atoms with E-state index in [9.17, 15) is 14.7 Å². The van der Waals surface area contributed by atoms with Gasteiger partial charge < -0.3 is 5.11 Å². The molecule has 0 aromatic carbocycles. The number of allylic oxidation sites excluding steroid dienone is 1.